The molecule has 0 aromatic carbocycles. The molecule has 1 aliphatic heterocycles. The molecular formula is C15H27N5. The molecule has 1 saturated heterocycles. The molecule has 0 aliphatic carbocycles. The van der Waals surface area contributed by atoms with E-state index in [-0.39, 0.29) is 0 Å². The number of nitrogens with zero attached hydrogens (tertiary/aromatic N) is 4. The molecule has 1 aliphatic rings. The quantitative estimate of drug-likeness (QED) is 0.823. The smallest absolute Gasteiger partial charge is 0.150 e. The number of nitrogens with two attached hydrogens (primary N) is 1. The van der Waals surface area contributed by atoms with Crippen molar-refractivity contribution in [2.75, 3.05) is 44.2 Å². The lowest BCUT2D eigenvalue weighted by Crippen LogP contribution is -2.32. The number of aromatic nitrogens is 2. The Labute approximate surface area is 122 Å². The molecule has 1 aromatic heterocycles. The molecule has 0 radical (unpaired) electrons. The number of anilines is 1. The first kappa shape index (κ1) is 15.2. The van der Waals surface area contributed by atoms with Crippen LogP contribution in [-0.2, 0) is 0 Å². The average molecular weight is 277 g/mol. The van der Waals surface area contributed by atoms with Crippen LogP contribution in [-0.4, -0.2) is 54.1 Å². The van der Waals surface area contributed by atoms with E-state index in [9.17, 15) is 0 Å². The van der Waals surface area contributed by atoms with Gasteiger partial charge in [-0.05, 0) is 52.7 Å². The van der Waals surface area contributed by atoms with Gasteiger partial charge in [-0.15, -0.1) is 0 Å². The van der Waals surface area contributed by atoms with Crippen LogP contribution in [0, 0.1) is 13.8 Å². The molecule has 0 atom stereocenters. The van der Waals surface area contributed by atoms with Crippen molar-refractivity contribution in [1.29, 1.82) is 0 Å². The first-order valence-electron chi connectivity index (χ1n) is 7.68. The van der Waals surface area contributed by atoms with Crippen molar-refractivity contribution in [2.24, 2.45) is 5.73 Å². The van der Waals surface area contributed by atoms with Crippen molar-refractivity contribution < 1.29 is 0 Å². The van der Waals surface area contributed by atoms with E-state index in [1.165, 1.54) is 25.9 Å². The summed E-state index contributed by atoms with van der Waals surface area (Å²) in [5, 5.41) is 0. The van der Waals surface area contributed by atoms with Crippen LogP contribution in [0.5, 0.6) is 0 Å². The Balaban J connectivity index is 1.93. The zero-order valence-corrected chi connectivity index (χ0v) is 12.8. The van der Waals surface area contributed by atoms with E-state index in [0.29, 0.717) is 0 Å². The summed E-state index contributed by atoms with van der Waals surface area (Å²) >= 11 is 0. The summed E-state index contributed by atoms with van der Waals surface area (Å²) in [6.07, 6.45) is 5.37. The number of hydrogen-bond donors (Lipinski definition) is 1. The van der Waals surface area contributed by atoms with Crippen molar-refractivity contribution in [3.05, 3.63) is 17.6 Å². The second-order valence-electron chi connectivity index (χ2n) is 5.60. The molecule has 5 heteroatoms. The summed E-state index contributed by atoms with van der Waals surface area (Å²) in [5.41, 5.74) is 7.59. The van der Waals surface area contributed by atoms with Gasteiger partial charge in [-0.3, -0.25) is 4.98 Å². The Morgan fingerprint density at radius 2 is 2.00 bits per heavy atom. The molecule has 0 bridgehead atoms. The van der Waals surface area contributed by atoms with Crippen LogP contribution in [0.3, 0.4) is 0 Å². The lowest BCUT2D eigenvalue weighted by molar-refractivity contribution is 0.288. The predicted molar refractivity (Wildman–Crippen MR) is 83.1 cm³/mol. The van der Waals surface area contributed by atoms with E-state index in [2.05, 4.69) is 19.8 Å². The molecule has 1 fully saturated rings. The van der Waals surface area contributed by atoms with Crippen LogP contribution in [0.4, 0.5) is 5.82 Å². The van der Waals surface area contributed by atoms with E-state index in [4.69, 9.17) is 5.73 Å². The fourth-order valence-corrected chi connectivity index (χ4v) is 2.71. The summed E-state index contributed by atoms with van der Waals surface area (Å²) < 4.78 is 0. The van der Waals surface area contributed by atoms with E-state index in [0.717, 1.165) is 49.8 Å². The number of hydrogen-bond acceptors (Lipinski definition) is 5. The first-order valence-corrected chi connectivity index (χ1v) is 7.68. The van der Waals surface area contributed by atoms with Crippen molar-refractivity contribution in [3.8, 4) is 0 Å². The maximum atomic E-state index is 5.56. The molecule has 1 aromatic rings. The molecule has 2 N–H and O–H groups in total. The second-order valence-corrected chi connectivity index (χ2v) is 5.60. The topological polar surface area (TPSA) is 58.3 Å². The minimum Gasteiger partial charge on any atom is -0.354 e. The molecule has 5 nitrogen and oxygen atoms in total. The molecule has 0 unspecified atom stereocenters. The summed E-state index contributed by atoms with van der Waals surface area (Å²) in [5.74, 6) is 1.06. The zero-order chi connectivity index (χ0) is 14.4. The van der Waals surface area contributed by atoms with Crippen molar-refractivity contribution in [1.82, 2.24) is 14.9 Å². The summed E-state index contributed by atoms with van der Waals surface area (Å²) in [6.45, 7) is 10.4. The summed E-state index contributed by atoms with van der Waals surface area (Å²) in [4.78, 5) is 14.0. The second kappa shape index (κ2) is 7.55. The fourth-order valence-electron chi connectivity index (χ4n) is 2.71. The van der Waals surface area contributed by atoms with Crippen LogP contribution < -0.4 is 10.6 Å². The highest BCUT2D eigenvalue weighted by Gasteiger charge is 2.17. The van der Waals surface area contributed by atoms with Gasteiger partial charge in [0.1, 0.15) is 5.82 Å². The highest BCUT2D eigenvalue weighted by Crippen LogP contribution is 2.17. The Kier molecular flexibility index (Phi) is 5.73. The molecule has 112 valence electrons. The average Bonchev–Trinajstić information content (AvgIpc) is 2.68. The van der Waals surface area contributed by atoms with Crippen LogP contribution >= 0.6 is 0 Å². The summed E-state index contributed by atoms with van der Waals surface area (Å²) in [7, 11) is 0. The maximum Gasteiger partial charge on any atom is 0.150 e. The molecule has 20 heavy (non-hydrogen) atoms. The number of unbranched alkanes of at least 4 members (excludes halogenated alkanes) is 1. The SMILES string of the molecule is Cc1cnc(C)c(N2CCCN(CCCCN)CC2)n1. The first-order chi connectivity index (χ1) is 9.70. The Morgan fingerprint density at radius 1 is 1.15 bits per heavy atom. The van der Waals surface area contributed by atoms with Crippen LogP contribution in [0.2, 0.25) is 0 Å². The zero-order valence-electron chi connectivity index (χ0n) is 12.8. The van der Waals surface area contributed by atoms with Crippen molar-refractivity contribution >= 4 is 5.82 Å². The van der Waals surface area contributed by atoms with Gasteiger partial charge in [-0.2, -0.15) is 0 Å². The highest BCUT2D eigenvalue weighted by molar-refractivity contribution is 5.43. The van der Waals surface area contributed by atoms with Gasteiger partial charge in [0.15, 0.2) is 0 Å². The third-order valence-corrected chi connectivity index (χ3v) is 3.87. The van der Waals surface area contributed by atoms with Crippen molar-refractivity contribution in [3.63, 3.8) is 0 Å². The maximum absolute atomic E-state index is 5.56. The molecule has 0 amide bonds. The standard InChI is InChI=1S/C15H27N5/c1-13-12-17-14(2)15(18-13)20-9-5-8-19(10-11-20)7-4-3-6-16/h12H,3-11,16H2,1-2H3. The Bertz CT molecular complexity index is 421. The molecule has 2 rings (SSSR count). The number of aryl methyl sites for hydroxylation is 2. The fraction of sp³-hybridized carbons (Fsp3) is 0.733. The van der Waals surface area contributed by atoms with Gasteiger partial charge in [0, 0.05) is 25.8 Å². The van der Waals surface area contributed by atoms with Crippen molar-refractivity contribution in [2.45, 2.75) is 33.1 Å². The van der Waals surface area contributed by atoms with Crippen LogP contribution in [0.25, 0.3) is 0 Å². The van der Waals surface area contributed by atoms with E-state index in [1.54, 1.807) is 0 Å². The lowest BCUT2D eigenvalue weighted by Gasteiger charge is -2.24. The number of rotatable bonds is 5. The minimum absolute atomic E-state index is 0.804. The van der Waals surface area contributed by atoms with Gasteiger partial charge < -0.3 is 15.5 Å². The normalized spacial score (nSPS) is 17.2. The highest BCUT2D eigenvalue weighted by atomic mass is 15.3. The van der Waals surface area contributed by atoms with Gasteiger partial charge in [0.25, 0.3) is 0 Å². The van der Waals surface area contributed by atoms with Gasteiger partial charge in [-0.25, -0.2) is 4.98 Å². The van der Waals surface area contributed by atoms with Gasteiger partial charge in [-0.1, -0.05) is 0 Å². The third-order valence-electron chi connectivity index (χ3n) is 3.87. The molecular weight excluding hydrogens is 250 g/mol. The predicted octanol–water partition coefficient (Wildman–Crippen LogP) is 1.34. The van der Waals surface area contributed by atoms with Crippen LogP contribution in [0.1, 0.15) is 30.7 Å². The lowest BCUT2D eigenvalue weighted by atomic mass is 10.3. The largest absolute Gasteiger partial charge is 0.354 e. The minimum atomic E-state index is 0.804. The molecule has 0 spiro atoms. The molecule has 0 saturated carbocycles. The van der Waals surface area contributed by atoms with Gasteiger partial charge >= 0.3 is 0 Å². The third kappa shape index (κ3) is 4.15. The van der Waals surface area contributed by atoms with E-state index in [1.807, 2.05) is 20.0 Å². The molecule has 2 heterocycles. The summed E-state index contributed by atoms with van der Waals surface area (Å²) in [6, 6.07) is 0. The van der Waals surface area contributed by atoms with E-state index >= 15 is 0 Å². The Hall–Kier alpha value is -1.20. The van der Waals surface area contributed by atoms with Crippen LogP contribution in [0.15, 0.2) is 6.20 Å². The van der Waals surface area contributed by atoms with E-state index < -0.39 is 0 Å². The van der Waals surface area contributed by atoms with Gasteiger partial charge in [0.2, 0.25) is 0 Å². The van der Waals surface area contributed by atoms with Gasteiger partial charge in [0.05, 0.1) is 11.4 Å². The Morgan fingerprint density at radius 3 is 2.80 bits per heavy atom. The monoisotopic (exact) mass is 277 g/mol.